The van der Waals surface area contributed by atoms with E-state index < -0.39 is 11.7 Å². The van der Waals surface area contributed by atoms with E-state index in [1.807, 2.05) is 51.1 Å². The van der Waals surface area contributed by atoms with Crippen molar-refractivity contribution in [3.8, 4) is 5.88 Å². The van der Waals surface area contributed by atoms with Crippen LogP contribution in [-0.4, -0.2) is 30.3 Å². The molecule has 1 aromatic carbocycles. The highest BCUT2D eigenvalue weighted by Gasteiger charge is 2.15. The molecule has 0 saturated carbocycles. The van der Waals surface area contributed by atoms with Crippen LogP contribution in [0.15, 0.2) is 30.3 Å². The Kier molecular flexibility index (Phi) is 4.85. The van der Waals surface area contributed by atoms with Crippen LogP contribution in [0.4, 0.5) is 4.79 Å². The summed E-state index contributed by atoms with van der Waals surface area (Å²) in [4.78, 5) is 16.1. The van der Waals surface area contributed by atoms with E-state index in [0.29, 0.717) is 18.8 Å². The molecule has 0 aliphatic carbocycles. The highest BCUT2D eigenvalue weighted by atomic mass is 16.6. The number of ether oxygens (including phenoxy) is 2. The molecule has 1 amide bonds. The Hall–Kier alpha value is -2.30. The first-order valence-electron chi connectivity index (χ1n) is 7.28. The van der Waals surface area contributed by atoms with E-state index in [9.17, 15) is 4.79 Å². The summed E-state index contributed by atoms with van der Waals surface area (Å²) >= 11 is 0. The molecule has 0 atom stereocenters. The number of alkyl carbamates (subject to hydrolysis) is 1. The van der Waals surface area contributed by atoms with E-state index >= 15 is 0 Å². The number of fused-ring (bicyclic) bond motifs is 1. The molecule has 118 valence electrons. The summed E-state index contributed by atoms with van der Waals surface area (Å²) in [6.07, 6.45) is 0.273. The van der Waals surface area contributed by atoms with Crippen LogP contribution in [0.25, 0.3) is 10.9 Å². The third-order valence-electron chi connectivity index (χ3n) is 3.05. The highest BCUT2D eigenvalue weighted by molar-refractivity contribution is 5.82. The van der Waals surface area contributed by atoms with E-state index in [1.165, 1.54) is 0 Å². The van der Waals surface area contributed by atoms with Crippen molar-refractivity contribution >= 4 is 17.0 Å². The minimum absolute atomic E-state index is 0.404. The number of amides is 1. The molecule has 0 unspecified atom stereocenters. The second-order valence-electron chi connectivity index (χ2n) is 6.02. The molecule has 5 nitrogen and oxygen atoms in total. The predicted molar refractivity (Wildman–Crippen MR) is 86.2 cm³/mol. The van der Waals surface area contributed by atoms with Crippen molar-refractivity contribution in [1.29, 1.82) is 0 Å². The Morgan fingerprint density at radius 3 is 2.68 bits per heavy atom. The number of hydrogen-bond donors (Lipinski definition) is 1. The van der Waals surface area contributed by atoms with Crippen molar-refractivity contribution in [3.63, 3.8) is 0 Å². The fraction of sp³-hybridized carbons (Fsp3) is 0.412. The van der Waals surface area contributed by atoms with Gasteiger partial charge in [-0.1, -0.05) is 18.2 Å². The van der Waals surface area contributed by atoms with Gasteiger partial charge in [0.2, 0.25) is 5.88 Å². The Labute approximate surface area is 130 Å². The summed E-state index contributed by atoms with van der Waals surface area (Å²) < 4.78 is 10.4. The Morgan fingerprint density at radius 1 is 1.23 bits per heavy atom. The summed E-state index contributed by atoms with van der Waals surface area (Å²) in [7, 11) is 1.60. The summed E-state index contributed by atoms with van der Waals surface area (Å²) in [6, 6.07) is 9.81. The molecule has 1 heterocycles. The summed E-state index contributed by atoms with van der Waals surface area (Å²) in [5, 5.41) is 3.81. The maximum absolute atomic E-state index is 11.6. The summed E-state index contributed by atoms with van der Waals surface area (Å²) in [6.45, 7) is 6.02. The van der Waals surface area contributed by atoms with Crippen molar-refractivity contribution in [3.05, 3.63) is 35.9 Å². The Morgan fingerprint density at radius 2 is 2.00 bits per heavy atom. The lowest BCUT2D eigenvalue weighted by Gasteiger charge is -2.19. The number of nitrogens with zero attached hydrogens (tertiary/aromatic N) is 1. The molecule has 0 bridgehead atoms. The number of rotatable bonds is 4. The van der Waals surface area contributed by atoms with Gasteiger partial charge in [0.1, 0.15) is 5.60 Å². The van der Waals surface area contributed by atoms with E-state index in [4.69, 9.17) is 9.47 Å². The lowest BCUT2D eigenvalue weighted by molar-refractivity contribution is 0.0528. The van der Waals surface area contributed by atoms with Gasteiger partial charge < -0.3 is 14.8 Å². The third-order valence-corrected chi connectivity index (χ3v) is 3.05. The Bertz CT molecular complexity index is 662. The van der Waals surface area contributed by atoms with E-state index in [0.717, 1.165) is 16.5 Å². The average molecular weight is 302 g/mol. The van der Waals surface area contributed by atoms with Gasteiger partial charge in [-0.3, -0.25) is 0 Å². The average Bonchev–Trinajstić information content (AvgIpc) is 2.45. The molecule has 0 saturated heterocycles. The standard InChI is InChI=1S/C17H22N2O3/c1-17(2,3)22-16(20)18-11-10-13-7-5-6-12-8-9-14(21-4)19-15(12)13/h5-9H,10-11H2,1-4H3,(H,18,20). The van der Waals surface area contributed by atoms with Crippen LogP contribution in [0.5, 0.6) is 5.88 Å². The van der Waals surface area contributed by atoms with Crippen molar-refractivity contribution in [2.24, 2.45) is 0 Å². The minimum Gasteiger partial charge on any atom is -0.481 e. The summed E-state index contributed by atoms with van der Waals surface area (Å²) in [5.41, 5.74) is 1.47. The Balaban J connectivity index is 2.04. The number of benzene rings is 1. The topological polar surface area (TPSA) is 60.5 Å². The maximum Gasteiger partial charge on any atom is 0.407 e. The molecule has 0 fully saturated rings. The SMILES string of the molecule is COc1ccc2cccc(CCNC(=O)OC(C)(C)C)c2n1. The van der Waals surface area contributed by atoms with Gasteiger partial charge in [0, 0.05) is 18.0 Å². The molecule has 1 N–H and O–H groups in total. The minimum atomic E-state index is -0.488. The predicted octanol–water partition coefficient (Wildman–Crippen LogP) is 3.31. The van der Waals surface area contributed by atoms with Crippen molar-refractivity contribution in [2.45, 2.75) is 32.8 Å². The first-order valence-corrected chi connectivity index (χ1v) is 7.28. The molecule has 2 aromatic rings. The molecule has 2 rings (SSSR count). The van der Waals surface area contributed by atoms with Crippen LogP contribution in [0.3, 0.4) is 0 Å². The highest BCUT2D eigenvalue weighted by Crippen LogP contribution is 2.20. The van der Waals surface area contributed by atoms with Crippen LogP contribution in [0, 0.1) is 0 Å². The van der Waals surface area contributed by atoms with Gasteiger partial charge in [-0.05, 0) is 38.8 Å². The number of hydrogen-bond acceptors (Lipinski definition) is 4. The molecule has 22 heavy (non-hydrogen) atoms. The zero-order valence-corrected chi connectivity index (χ0v) is 13.5. The van der Waals surface area contributed by atoms with Gasteiger partial charge in [0.25, 0.3) is 0 Å². The van der Waals surface area contributed by atoms with Crippen LogP contribution >= 0.6 is 0 Å². The molecule has 0 aliphatic rings. The number of aromatic nitrogens is 1. The molecule has 0 aliphatic heterocycles. The van der Waals surface area contributed by atoms with E-state index in [2.05, 4.69) is 10.3 Å². The summed E-state index contributed by atoms with van der Waals surface area (Å²) in [5.74, 6) is 0.583. The largest absolute Gasteiger partial charge is 0.481 e. The first kappa shape index (κ1) is 16.1. The number of nitrogens with one attached hydrogen (secondary N) is 1. The smallest absolute Gasteiger partial charge is 0.407 e. The third kappa shape index (κ3) is 4.35. The van der Waals surface area contributed by atoms with Crippen LogP contribution in [0.1, 0.15) is 26.3 Å². The maximum atomic E-state index is 11.6. The number of carbonyl (C=O) groups excluding carboxylic acids is 1. The van der Waals surface area contributed by atoms with Crippen LogP contribution < -0.4 is 10.1 Å². The molecule has 0 radical (unpaired) electrons. The van der Waals surface area contributed by atoms with Crippen molar-refractivity contribution in [1.82, 2.24) is 10.3 Å². The van der Waals surface area contributed by atoms with E-state index in [-0.39, 0.29) is 0 Å². The zero-order valence-electron chi connectivity index (χ0n) is 13.5. The fourth-order valence-corrected chi connectivity index (χ4v) is 2.12. The monoisotopic (exact) mass is 302 g/mol. The van der Waals surface area contributed by atoms with Gasteiger partial charge in [-0.25, -0.2) is 9.78 Å². The fourth-order valence-electron chi connectivity index (χ4n) is 2.12. The first-order chi connectivity index (χ1) is 10.4. The second-order valence-corrected chi connectivity index (χ2v) is 6.02. The molecule has 5 heteroatoms. The van der Waals surface area contributed by atoms with E-state index in [1.54, 1.807) is 7.11 Å². The lowest BCUT2D eigenvalue weighted by Crippen LogP contribution is -2.33. The lowest BCUT2D eigenvalue weighted by atomic mass is 10.1. The number of carbonyl (C=O) groups is 1. The van der Waals surface area contributed by atoms with Gasteiger partial charge >= 0.3 is 6.09 Å². The molecular weight excluding hydrogens is 280 g/mol. The normalized spacial score (nSPS) is 11.3. The second kappa shape index (κ2) is 6.64. The molecular formula is C17H22N2O3. The van der Waals surface area contributed by atoms with Gasteiger partial charge in [-0.2, -0.15) is 0 Å². The number of methoxy groups -OCH3 is 1. The molecule has 0 spiro atoms. The van der Waals surface area contributed by atoms with Crippen LogP contribution in [0.2, 0.25) is 0 Å². The van der Waals surface area contributed by atoms with Crippen molar-refractivity contribution in [2.75, 3.05) is 13.7 Å². The quantitative estimate of drug-likeness (QED) is 0.941. The van der Waals surface area contributed by atoms with Gasteiger partial charge in [0.05, 0.1) is 12.6 Å². The molecule has 1 aromatic heterocycles. The van der Waals surface area contributed by atoms with Crippen molar-refractivity contribution < 1.29 is 14.3 Å². The van der Waals surface area contributed by atoms with Crippen LogP contribution in [-0.2, 0) is 11.2 Å². The van der Waals surface area contributed by atoms with Gasteiger partial charge in [0.15, 0.2) is 0 Å². The number of pyridine rings is 1. The zero-order chi connectivity index (χ0) is 16.2. The van der Waals surface area contributed by atoms with Gasteiger partial charge in [-0.15, -0.1) is 0 Å². The number of para-hydroxylation sites is 1.